The highest BCUT2D eigenvalue weighted by atomic mass is 35.5. The van der Waals surface area contributed by atoms with Gasteiger partial charge in [0.25, 0.3) is 5.91 Å². The normalized spacial score (nSPS) is 18.7. The summed E-state index contributed by atoms with van der Waals surface area (Å²) in [7, 11) is -4.05. The first-order valence-corrected chi connectivity index (χ1v) is 11.9. The van der Waals surface area contributed by atoms with Crippen LogP contribution in [0.15, 0.2) is 36.5 Å². The highest BCUT2D eigenvalue weighted by Crippen LogP contribution is 2.34. The van der Waals surface area contributed by atoms with Gasteiger partial charge in [-0.05, 0) is 24.3 Å². The number of halogens is 3. The lowest BCUT2D eigenvalue weighted by molar-refractivity contribution is -0.134. The fraction of sp³-hybridized carbons (Fsp3) is 0.429. The van der Waals surface area contributed by atoms with Gasteiger partial charge in [0.1, 0.15) is 17.5 Å². The quantitative estimate of drug-likeness (QED) is 0.459. The lowest BCUT2D eigenvalue weighted by Crippen LogP contribution is -2.62. The second kappa shape index (κ2) is 10.5. The molecule has 2 aromatic rings. The van der Waals surface area contributed by atoms with Crippen molar-refractivity contribution < 1.29 is 31.9 Å². The topological polar surface area (TPSA) is 112 Å². The largest absolute Gasteiger partial charge is 0.381 e. The van der Waals surface area contributed by atoms with Gasteiger partial charge in [0.05, 0.1) is 0 Å². The summed E-state index contributed by atoms with van der Waals surface area (Å²) in [6, 6.07) is 6.70. The number of benzene rings is 1. The lowest BCUT2D eigenvalue weighted by Gasteiger charge is -2.41. The molecule has 9 nitrogen and oxygen atoms in total. The number of hydrogen-bond donors (Lipinski definition) is 2. The molecule has 0 spiro atoms. The molecule has 2 aliphatic heterocycles. The Hall–Kier alpha value is -2.38. The summed E-state index contributed by atoms with van der Waals surface area (Å²) in [6.07, 6.45) is 1.41. The van der Waals surface area contributed by atoms with Crippen LogP contribution in [0.5, 0.6) is 0 Å². The molecule has 0 saturated carbocycles. The van der Waals surface area contributed by atoms with E-state index in [2.05, 4.69) is 4.98 Å². The minimum absolute atomic E-state index is 0. The monoisotopic (exact) mass is 518 g/mol. The molecule has 2 fully saturated rings. The van der Waals surface area contributed by atoms with Crippen LogP contribution in [0.1, 0.15) is 12.8 Å². The Morgan fingerprint density at radius 3 is 2.32 bits per heavy atom. The van der Waals surface area contributed by atoms with Crippen LogP contribution >= 0.6 is 12.4 Å². The number of carbonyl (C=O) groups excluding carboxylic acids is 1. The first-order chi connectivity index (χ1) is 15.8. The van der Waals surface area contributed by atoms with E-state index in [1.807, 2.05) is 4.90 Å². The van der Waals surface area contributed by atoms with Crippen molar-refractivity contribution in [2.75, 3.05) is 44.3 Å². The number of sulfonamides is 1. The molecule has 0 unspecified atom stereocenters. The zero-order valence-electron chi connectivity index (χ0n) is 18.1. The molecular formula is C21H25ClF2N4O5S. The Morgan fingerprint density at radius 1 is 1.09 bits per heavy atom. The van der Waals surface area contributed by atoms with Gasteiger partial charge in [0.15, 0.2) is 4.75 Å². The maximum atomic E-state index is 14.0. The number of hydrogen-bond acceptors (Lipinski definition) is 7. The van der Waals surface area contributed by atoms with Gasteiger partial charge in [-0.25, -0.2) is 27.7 Å². The van der Waals surface area contributed by atoms with E-state index in [-0.39, 0.29) is 57.1 Å². The molecule has 0 bridgehead atoms. The maximum absolute atomic E-state index is 14.0. The minimum atomic E-state index is -4.05. The number of carbonyl (C=O) groups is 1. The van der Waals surface area contributed by atoms with Crippen molar-refractivity contribution in [3.63, 3.8) is 0 Å². The zero-order chi connectivity index (χ0) is 23.6. The molecule has 1 aromatic heterocycles. The van der Waals surface area contributed by atoms with Crippen LogP contribution in [0.25, 0.3) is 11.1 Å². The smallest absolute Gasteiger partial charge is 0.266 e. The third-order valence-electron chi connectivity index (χ3n) is 6.20. The molecule has 2 saturated heterocycles. The van der Waals surface area contributed by atoms with E-state index in [0.717, 1.165) is 6.07 Å². The van der Waals surface area contributed by atoms with Crippen molar-refractivity contribution in [1.29, 1.82) is 0 Å². The standard InChI is InChI=1S/C21H24F2N4O5S.ClH/c22-16-2-3-17(18(23)13-16)15-1-4-19(24-14-15)26-7-9-27(10-8-26)33(30,31)21(20(28)25-29)5-11-32-12-6-21;/h1-4,13-14,29H,5-12H2,(H,25,28);1H. The number of nitrogens with zero attached hydrogens (tertiary/aromatic N) is 3. The first-order valence-electron chi connectivity index (χ1n) is 10.5. The van der Waals surface area contributed by atoms with Crippen molar-refractivity contribution in [2.45, 2.75) is 17.6 Å². The number of anilines is 1. The van der Waals surface area contributed by atoms with Crippen LogP contribution in [0.4, 0.5) is 14.6 Å². The van der Waals surface area contributed by atoms with Crippen LogP contribution < -0.4 is 10.4 Å². The van der Waals surface area contributed by atoms with Crippen molar-refractivity contribution >= 4 is 34.2 Å². The van der Waals surface area contributed by atoms with Gasteiger partial charge in [-0.15, -0.1) is 12.4 Å². The van der Waals surface area contributed by atoms with Gasteiger partial charge >= 0.3 is 0 Å². The van der Waals surface area contributed by atoms with E-state index >= 15 is 0 Å². The molecule has 186 valence electrons. The summed E-state index contributed by atoms with van der Waals surface area (Å²) in [5.74, 6) is -1.70. The first kappa shape index (κ1) is 26.2. The van der Waals surface area contributed by atoms with Crippen molar-refractivity contribution in [1.82, 2.24) is 14.8 Å². The number of hydroxylamine groups is 1. The number of piperazine rings is 1. The van der Waals surface area contributed by atoms with E-state index < -0.39 is 32.3 Å². The molecule has 0 radical (unpaired) electrons. The number of aromatic nitrogens is 1. The Kier molecular flexibility index (Phi) is 8.09. The van der Waals surface area contributed by atoms with Gasteiger partial charge in [0, 0.05) is 75.6 Å². The average molecular weight is 519 g/mol. The van der Waals surface area contributed by atoms with Crippen LogP contribution in [0.3, 0.4) is 0 Å². The van der Waals surface area contributed by atoms with Crippen LogP contribution in [0, 0.1) is 11.6 Å². The Balaban J connectivity index is 0.00000324. The van der Waals surface area contributed by atoms with E-state index in [9.17, 15) is 22.0 Å². The van der Waals surface area contributed by atoms with Gasteiger partial charge < -0.3 is 9.64 Å². The van der Waals surface area contributed by atoms with Crippen LogP contribution in [-0.2, 0) is 19.6 Å². The summed E-state index contributed by atoms with van der Waals surface area (Å²) in [5.41, 5.74) is 2.24. The molecule has 0 atom stereocenters. The SMILES string of the molecule is Cl.O=C(NO)C1(S(=O)(=O)N2CCN(c3ccc(-c4ccc(F)cc4F)cn3)CC2)CCOCC1. The summed E-state index contributed by atoms with van der Waals surface area (Å²) >= 11 is 0. The van der Waals surface area contributed by atoms with Crippen LogP contribution in [0.2, 0.25) is 0 Å². The Bertz CT molecular complexity index is 1120. The molecule has 3 heterocycles. The summed E-state index contributed by atoms with van der Waals surface area (Å²) in [5, 5.41) is 9.16. The number of rotatable bonds is 5. The lowest BCUT2D eigenvalue weighted by atomic mass is 9.98. The summed E-state index contributed by atoms with van der Waals surface area (Å²) in [6.45, 7) is 1.17. The van der Waals surface area contributed by atoms with Gasteiger partial charge in [0.2, 0.25) is 10.0 Å². The molecule has 0 aliphatic carbocycles. The van der Waals surface area contributed by atoms with Crippen molar-refractivity contribution in [2.24, 2.45) is 0 Å². The predicted octanol–water partition coefficient (Wildman–Crippen LogP) is 1.96. The maximum Gasteiger partial charge on any atom is 0.266 e. The predicted molar refractivity (Wildman–Crippen MR) is 122 cm³/mol. The van der Waals surface area contributed by atoms with Crippen LogP contribution in [-0.4, -0.2) is 73.0 Å². The Morgan fingerprint density at radius 2 is 1.76 bits per heavy atom. The summed E-state index contributed by atoms with van der Waals surface area (Å²) < 4.78 is 58.6. The zero-order valence-corrected chi connectivity index (χ0v) is 19.7. The number of amides is 1. The third kappa shape index (κ3) is 4.73. The van der Waals surface area contributed by atoms with E-state index in [1.54, 1.807) is 12.1 Å². The Labute approximate surface area is 202 Å². The van der Waals surface area contributed by atoms with Gasteiger partial charge in [-0.3, -0.25) is 10.0 Å². The molecule has 34 heavy (non-hydrogen) atoms. The number of nitrogens with one attached hydrogen (secondary N) is 1. The highest BCUT2D eigenvalue weighted by Gasteiger charge is 2.54. The molecule has 13 heteroatoms. The fourth-order valence-corrected chi connectivity index (χ4v) is 6.37. The molecule has 2 aliphatic rings. The van der Waals surface area contributed by atoms with Crippen molar-refractivity contribution in [3.8, 4) is 11.1 Å². The minimum Gasteiger partial charge on any atom is -0.381 e. The highest BCUT2D eigenvalue weighted by molar-refractivity contribution is 7.91. The fourth-order valence-electron chi connectivity index (χ4n) is 4.27. The third-order valence-corrected chi connectivity index (χ3v) is 8.83. The number of pyridine rings is 1. The van der Waals surface area contributed by atoms with Gasteiger partial charge in [-0.2, -0.15) is 4.31 Å². The van der Waals surface area contributed by atoms with E-state index in [4.69, 9.17) is 9.94 Å². The molecule has 1 aromatic carbocycles. The molecule has 4 rings (SSSR count). The second-order valence-corrected chi connectivity index (χ2v) is 10.2. The molecular weight excluding hydrogens is 494 g/mol. The van der Waals surface area contributed by atoms with E-state index in [0.29, 0.717) is 24.5 Å². The molecule has 2 N–H and O–H groups in total. The van der Waals surface area contributed by atoms with Gasteiger partial charge in [-0.1, -0.05) is 0 Å². The molecule has 1 amide bonds. The summed E-state index contributed by atoms with van der Waals surface area (Å²) in [4.78, 5) is 18.6. The number of ether oxygens (including phenoxy) is 1. The van der Waals surface area contributed by atoms with Crippen molar-refractivity contribution in [3.05, 3.63) is 48.2 Å². The van der Waals surface area contributed by atoms with E-state index in [1.165, 1.54) is 28.1 Å². The second-order valence-electron chi connectivity index (χ2n) is 7.97. The average Bonchev–Trinajstić information content (AvgIpc) is 2.84.